The Morgan fingerprint density at radius 2 is 1.88 bits per heavy atom. The van der Waals surface area contributed by atoms with Crippen LogP contribution in [0.2, 0.25) is 0 Å². The highest BCUT2D eigenvalue weighted by Gasteiger charge is 2.42. The molecule has 8 heteroatoms. The van der Waals surface area contributed by atoms with Gasteiger partial charge < -0.3 is 10.0 Å². The van der Waals surface area contributed by atoms with E-state index in [0.29, 0.717) is 37.1 Å². The highest BCUT2D eigenvalue weighted by molar-refractivity contribution is 7.92. The fraction of sp³-hybridized carbons (Fsp3) is 0.556. The number of hydrogen-bond donors (Lipinski definition) is 2. The summed E-state index contributed by atoms with van der Waals surface area (Å²) >= 11 is 0. The van der Waals surface area contributed by atoms with Crippen LogP contribution < -0.4 is 4.72 Å². The monoisotopic (exact) mass is 382 g/mol. The number of anilines is 1. The fourth-order valence-electron chi connectivity index (χ4n) is 3.38. The van der Waals surface area contributed by atoms with E-state index >= 15 is 0 Å². The Kier molecular flexibility index (Phi) is 6.28. The van der Waals surface area contributed by atoms with E-state index in [-0.39, 0.29) is 18.2 Å². The lowest BCUT2D eigenvalue weighted by atomic mass is 9.76. The Morgan fingerprint density at radius 1 is 1.23 bits per heavy atom. The summed E-state index contributed by atoms with van der Waals surface area (Å²) in [7, 11) is -3.37. The van der Waals surface area contributed by atoms with Crippen molar-refractivity contribution in [3.8, 4) is 0 Å². The number of rotatable bonds is 7. The smallest absolute Gasteiger partial charge is 0.311 e. The minimum Gasteiger partial charge on any atom is -0.481 e. The molecule has 0 aromatic heterocycles. The number of carbonyl (C=O) groups is 2. The molecule has 1 saturated heterocycles. The van der Waals surface area contributed by atoms with Gasteiger partial charge in [0.1, 0.15) is 0 Å². The molecule has 0 saturated carbocycles. The Balaban J connectivity index is 2.14. The second kappa shape index (κ2) is 8.07. The van der Waals surface area contributed by atoms with Gasteiger partial charge in [0.15, 0.2) is 0 Å². The summed E-state index contributed by atoms with van der Waals surface area (Å²) in [5.74, 6) is -1.10. The van der Waals surface area contributed by atoms with Crippen LogP contribution >= 0.6 is 0 Å². The zero-order valence-corrected chi connectivity index (χ0v) is 16.0. The molecule has 1 amide bonds. The standard InChI is InChI=1S/C18H26N2O5S/c1-3-10-18(17(22)23)11-5-12-20(13-18)16(21)14-6-8-15(9-7-14)19-26(24,25)4-2/h6-9,19H,3-5,10-13H2,1-2H3,(H,22,23)/t18-/m0/s1. The maximum Gasteiger partial charge on any atom is 0.311 e. The molecule has 0 radical (unpaired) electrons. The van der Waals surface area contributed by atoms with E-state index in [2.05, 4.69) is 4.72 Å². The van der Waals surface area contributed by atoms with Crippen LogP contribution in [-0.2, 0) is 14.8 Å². The van der Waals surface area contributed by atoms with E-state index in [1.807, 2.05) is 6.92 Å². The van der Waals surface area contributed by atoms with Gasteiger partial charge in [-0.1, -0.05) is 13.3 Å². The summed E-state index contributed by atoms with van der Waals surface area (Å²) in [6, 6.07) is 6.21. The maximum atomic E-state index is 12.8. The second-order valence-corrected chi connectivity index (χ2v) is 8.76. The SMILES string of the molecule is CCC[C@]1(C(=O)O)CCCN(C(=O)c2ccc(NS(=O)(=O)CC)cc2)C1. The maximum absolute atomic E-state index is 12.8. The van der Waals surface area contributed by atoms with Gasteiger partial charge in [0.05, 0.1) is 11.2 Å². The van der Waals surface area contributed by atoms with E-state index in [1.165, 1.54) is 0 Å². The van der Waals surface area contributed by atoms with Crippen molar-refractivity contribution >= 4 is 27.6 Å². The van der Waals surface area contributed by atoms with Gasteiger partial charge in [-0.2, -0.15) is 0 Å². The van der Waals surface area contributed by atoms with Gasteiger partial charge in [0.2, 0.25) is 10.0 Å². The number of aliphatic carboxylic acids is 1. The molecule has 144 valence electrons. The van der Waals surface area contributed by atoms with Crippen molar-refractivity contribution in [3.63, 3.8) is 0 Å². The number of sulfonamides is 1. The number of piperidine rings is 1. The molecular formula is C18H26N2O5S. The number of nitrogens with zero attached hydrogens (tertiary/aromatic N) is 1. The van der Waals surface area contributed by atoms with Gasteiger partial charge in [-0.25, -0.2) is 8.42 Å². The first kappa shape index (κ1) is 20.2. The highest BCUT2D eigenvalue weighted by atomic mass is 32.2. The Labute approximate surface area is 154 Å². The molecule has 0 spiro atoms. The predicted molar refractivity (Wildman–Crippen MR) is 99.6 cm³/mol. The molecule has 0 bridgehead atoms. The van der Waals surface area contributed by atoms with Crippen molar-refractivity contribution in [1.29, 1.82) is 0 Å². The zero-order chi connectivity index (χ0) is 19.4. The van der Waals surface area contributed by atoms with Crippen molar-refractivity contribution in [3.05, 3.63) is 29.8 Å². The van der Waals surface area contributed by atoms with Crippen molar-refractivity contribution < 1.29 is 23.1 Å². The third kappa shape index (κ3) is 4.55. The first-order valence-corrected chi connectivity index (χ1v) is 10.5. The summed E-state index contributed by atoms with van der Waals surface area (Å²) in [4.78, 5) is 26.1. The lowest BCUT2D eigenvalue weighted by Crippen LogP contribution is -2.49. The van der Waals surface area contributed by atoms with Crippen molar-refractivity contribution in [1.82, 2.24) is 4.90 Å². The summed E-state index contributed by atoms with van der Waals surface area (Å²) in [6.45, 7) is 4.23. The van der Waals surface area contributed by atoms with Gasteiger partial charge in [0.25, 0.3) is 5.91 Å². The van der Waals surface area contributed by atoms with Gasteiger partial charge in [-0.3, -0.25) is 14.3 Å². The molecule has 1 heterocycles. The normalized spacial score (nSPS) is 20.6. The Hall–Kier alpha value is -2.09. The van der Waals surface area contributed by atoms with E-state index in [0.717, 1.165) is 6.42 Å². The van der Waals surface area contributed by atoms with Crippen LogP contribution in [0.15, 0.2) is 24.3 Å². The van der Waals surface area contributed by atoms with Crippen LogP contribution in [0.4, 0.5) is 5.69 Å². The molecular weight excluding hydrogens is 356 g/mol. The van der Waals surface area contributed by atoms with Crippen LogP contribution in [0.1, 0.15) is 49.9 Å². The summed E-state index contributed by atoms with van der Waals surface area (Å²) in [5.41, 5.74) is -0.0608. The van der Waals surface area contributed by atoms with Gasteiger partial charge in [0, 0.05) is 24.3 Å². The molecule has 7 nitrogen and oxygen atoms in total. The molecule has 1 aromatic rings. The number of benzene rings is 1. The molecule has 0 unspecified atom stereocenters. The van der Waals surface area contributed by atoms with E-state index in [9.17, 15) is 23.1 Å². The average molecular weight is 382 g/mol. The number of amides is 1. The predicted octanol–water partition coefficient (Wildman–Crippen LogP) is 2.56. The number of likely N-dealkylation sites (tertiary alicyclic amines) is 1. The largest absolute Gasteiger partial charge is 0.481 e. The van der Waals surface area contributed by atoms with Crippen LogP contribution in [0.25, 0.3) is 0 Å². The van der Waals surface area contributed by atoms with E-state index in [1.54, 1.807) is 36.1 Å². The summed E-state index contributed by atoms with van der Waals surface area (Å²) in [5, 5.41) is 9.65. The molecule has 2 rings (SSSR count). The van der Waals surface area contributed by atoms with Crippen molar-refractivity contribution in [2.45, 2.75) is 39.5 Å². The molecule has 1 aliphatic heterocycles. The second-order valence-electron chi connectivity index (χ2n) is 6.75. The Morgan fingerprint density at radius 3 is 2.42 bits per heavy atom. The quantitative estimate of drug-likeness (QED) is 0.754. The van der Waals surface area contributed by atoms with Crippen LogP contribution in [0, 0.1) is 5.41 Å². The lowest BCUT2D eigenvalue weighted by molar-refractivity contribution is -0.152. The molecule has 26 heavy (non-hydrogen) atoms. The molecule has 1 fully saturated rings. The van der Waals surface area contributed by atoms with Crippen LogP contribution in [-0.4, -0.2) is 49.1 Å². The van der Waals surface area contributed by atoms with Crippen molar-refractivity contribution in [2.75, 3.05) is 23.6 Å². The third-order valence-electron chi connectivity index (χ3n) is 4.83. The molecule has 1 aromatic carbocycles. The third-order valence-corrected chi connectivity index (χ3v) is 6.14. The lowest BCUT2D eigenvalue weighted by Gasteiger charge is -2.40. The number of carbonyl (C=O) groups excluding carboxylic acids is 1. The highest BCUT2D eigenvalue weighted by Crippen LogP contribution is 2.35. The van der Waals surface area contributed by atoms with Gasteiger partial charge in [-0.05, 0) is 50.5 Å². The zero-order valence-electron chi connectivity index (χ0n) is 15.2. The fourth-order valence-corrected chi connectivity index (χ4v) is 4.02. The average Bonchev–Trinajstić information content (AvgIpc) is 2.62. The number of carboxylic acid groups (broad SMARTS) is 1. The van der Waals surface area contributed by atoms with Gasteiger partial charge in [-0.15, -0.1) is 0 Å². The number of nitrogens with one attached hydrogen (secondary N) is 1. The minimum atomic E-state index is -3.37. The van der Waals surface area contributed by atoms with Gasteiger partial charge >= 0.3 is 5.97 Å². The van der Waals surface area contributed by atoms with E-state index < -0.39 is 21.4 Å². The summed E-state index contributed by atoms with van der Waals surface area (Å²) in [6.07, 6.45) is 2.54. The van der Waals surface area contributed by atoms with Crippen molar-refractivity contribution in [2.24, 2.45) is 5.41 Å². The first-order chi connectivity index (χ1) is 12.2. The first-order valence-electron chi connectivity index (χ1n) is 8.86. The molecule has 1 aliphatic rings. The molecule has 0 aliphatic carbocycles. The number of hydrogen-bond acceptors (Lipinski definition) is 4. The molecule has 1 atom stereocenters. The Bertz CT molecular complexity index is 756. The van der Waals surface area contributed by atoms with Crippen LogP contribution in [0.3, 0.4) is 0 Å². The molecule has 2 N–H and O–H groups in total. The minimum absolute atomic E-state index is 0.0316. The van der Waals surface area contributed by atoms with E-state index in [4.69, 9.17) is 0 Å². The topological polar surface area (TPSA) is 104 Å². The number of carboxylic acids is 1. The summed E-state index contributed by atoms with van der Waals surface area (Å²) < 4.78 is 25.6. The van der Waals surface area contributed by atoms with Crippen LogP contribution in [0.5, 0.6) is 0 Å².